The molecule has 8 nitrogen and oxygen atoms in total. The fraction of sp³-hybridized carbons (Fsp3) is 0.111. The van der Waals surface area contributed by atoms with Crippen LogP contribution in [0, 0.1) is 0 Å². The molecule has 1 N–H and O–H groups in total. The summed E-state index contributed by atoms with van der Waals surface area (Å²) in [7, 11) is 1.28. The van der Waals surface area contributed by atoms with Crippen LogP contribution < -0.4 is 5.32 Å². The highest BCUT2D eigenvalue weighted by molar-refractivity contribution is 6.32. The Bertz CT molecular complexity index is 1180. The lowest BCUT2D eigenvalue weighted by Crippen LogP contribution is -2.22. The summed E-state index contributed by atoms with van der Waals surface area (Å²) in [6.45, 7) is 0.121. The normalized spacial score (nSPS) is 11.0. The number of carbonyl (C=O) groups is 2. The van der Waals surface area contributed by atoms with Gasteiger partial charge in [0.25, 0.3) is 5.91 Å². The number of benzene rings is 1. The Hall–Kier alpha value is -3.39. The Kier molecular flexibility index (Phi) is 4.25. The van der Waals surface area contributed by atoms with E-state index in [0.29, 0.717) is 33.0 Å². The van der Waals surface area contributed by atoms with E-state index in [9.17, 15) is 9.59 Å². The van der Waals surface area contributed by atoms with Gasteiger partial charge in [0.2, 0.25) is 0 Å². The third-order valence-electron chi connectivity index (χ3n) is 3.98. The molecule has 4 rings (SSSR count). The smallest absolute Gasteiger partial charge is 0.341 e. The molecule has 27 heavy (non-hydrogen) atoms. The van der Waals surface area contributed by atoms with E-state index in [1.165, 1.54) is 23.9 Å². The van der Waals surface area contributed by atoms with Gasteiger partial charge >= 0.3 is 5.97 Å². The van der Waals surface area contributed by atoms with Crippen molar-refractivity contribution in [3.63, 3.8) is 0 Å². The molecule has 0 radical (unpaired) electrons. The Morgan fingerprint density at radius 1 is 1.30 bits per heavy atom. The van der Waals surface area contributed by atoms with Crippen LogP contribution in [-0.2, 0) is 11.3 Å². The molecule has 0 saturated carbocycles. The second-order valence-electron chi connectivity index (χ2n) is 5.70. The standard InChI is InChI=1S/C18H13ClN4O4/c1-26-18(25)13-7-11(19)5-10-6-12(27-15(10)13)8-21-17(24)14-9-22-23-4-2-3-20-16(14)23/h2-7,9H,8H2,1H3,(H,21,24). The molecule has 3 heterocycles. The molecule has 0 fully saturated rings. The number of methoxy groups -OCH3 is 1. The van der Waals surface area contributed by atoms with Gasteiger partial charge in [0.1, 0.15) is 22.5 Å². The number of nitrogens with one attached hydrogen (secondary N) is 1. The minimum absolute atomic E-state index is 0.121. The van der Waals surface area contributed by atoms with Crippen molar-refractivity contribution < 1.29 is 18.7 Å². The molecule has 4 aromatic rings. The zero-order valence-electron chi connectivity index (χ0n) is 14.1. The molecule has 0 atom stereocenters. The Balaban J connectivity index is 1.59. The number of esters is 1. The number of furan rings is 1. The topological polar surface area (TPSA) is 98.7 Å². The van der Waals surface area contributed by atoms with Crippen LogP contribution in [0.15, 0.2) is 47.3 Å². The first-order valence-electron chi connectivity index (χ1n) is 7.93. The number of carbonyl (C=O) groups excluding carboxylic acids is 2. The molecule has 0 spiro atoms. The molecule has 9 heteroatoms. The maximum atomic E-state index is 12.4. The summed E-state index contributed by atoms with van der Waals surface area (Å²) in [5.41, 5.74) is 1.39. The molecule has 0 saturated heterocycles. The average Bonchev–Trinajstić information content (AvgIpc) is 3.28. The van der Waals surface area contributed by atoms with Crippen LogP contribution in [-0.4, -0.2) is 33.6 Å². The van der Waals surface area contributed by atoms with E-state index in [2.05, 4.69) is 15.4 Å². The van der Waals surface area contributed by atoms with E-state index in [-0.39, 0.29) is 18.0 Å². The van der Waals surface area contributed by atoms with Crippen LogP contribution >= 0.6 is 11.6 Å². The molecule has 1 aromatic carbocycles. The lowest BCUT2D eigenvalue weighted by molar-refractivity contribution is 0.0601. The fourth-order valence-electron chi connectivity index (χ4n) is 2.77. The van der Waals surface area contributed by atoms with Crippen LogP contribution in [0.25, 0.3) is 16.6 Å². The van der Waals surface area contributed by atoms with Crippen LogP contribution in [0.2, 0.25) is 5.02 Å². The fourth-order valence-corrected chi connectivity index (χ4v) is 3.00. The molecule has 1 amide bonds. The van der Waals surface area contributed by atoms with Gasteiger partial charge in [0.05, 0.1) is 19.9 Å². The minimum Gasteiger partial charge on any atom is -0.465 e. The number of aromatic nitrogens is 3. The van der Waals surface area contributed by atoms with Crippen molar-refractivity contribution in [2.24, 2.45) is 0 Å². The molecule has 0 bridgehead atoms. The SMILES string of the molecule is COC(=O)c1cc(Cl)cc2cc(CNC(=O)c3cnn4cccnc34)oc12. The van der Waals surface area contributed by atoms with Crippen molar-refractivity contribution in [3.8, 4) is 0 Å². The summed E-state index contributed by atoms with van der Waals surface area (Å²) >= 11 is 6.05. The van der Waals surface area contributed by atoms with Gasteiger partial charge in [-0.25, -0.2) is 14.3 Å². The number of nitrogens with zero attached hydrogens (tertiary/aromatic N) is 3. The average molecular weight is 385 g/mol. The zero-order chi connectivity index (χ0) is 19.0. The van der Waals surface area contributed by atoms with Gasteiger partial charge in [-0.3, -0.25) is 4.79 Å². The lowest BCUT2D eigenvalue weighted by atomic mass is 10.1. The summed E-state index contributed by atoms with van der Waals surface area (Å²) in [4.78, 5) is 28.5. The van der Waals surface area contributed by atoms with Crippen LogP contribution in [0.1, 0.15) is 26.5 Å². The van der Waals surface area contributed by atoms with Gasteiger partial charge in [0.15, 0.2) is 5.65 Å². The van der Waals surface area contributed by atoms with Crippen LogP contribution in [0.3, 0.4) is 0 Å². The van der Waals surface area contributed by atoms with E-state index >= 15 is 0 Å². The van der Waals surface area contributed by atoms with Gasteiger partial charge < -0.3 is 14.5 Å². The number of amides is 1. The molecular weight excluding hydrogens is 372 g/mol. The van der Waals surface area contributed by atoms with Gasteiger partial charge in [-0.05, 0) is 24.3 Å². The third-order valence-corrected chi connectivity index (χ3v) is 4.20. The Labute approximate surface area is 157 Å². The van der Waals surface area contributed by atoms with E-state index in [0.717, 1.165) is 0 Å². The highest BCUT2D eigenvalue weighted by atomic mass is 35.5. The predicted molar refractivity (Wildman–Crippen MR) is 96.7 cm³/mol. The molecule has 0 aliphatic heterocycles. The number of rotatable bonds is 4. The maximum absolute atomic E-state index is 12.4. The van der Waals surface area contributed by atoms with E-state index in [4.69, 9.17) is 20.8 Å². The van der Waals surface area contributed by atoms with E-state index in [1.807, 2.05) is 0 Å². The highest BCUT2D eigenvalue weighted by Gasteiger charge is 2.18. The predicted octanol–water partition coefficient (Wildman–Crippen LogP) is 2.85. The summed E-state index contributed by atoms with van der Waals surface area (Å²) in [5, 5.41) is 7.87. The second kappa shape index (κ2) is 6.73. The highest BCUT2D eigenvalue weighted by Crippen LogP contribution is 2.28. The van der Waals surface area contributed by atoms with Gasteiger partial charge in [0, 0.05) is 22.8 Å². The van der Waals surface area contributed by atoms with E-state index in [1.54, 1.807) is 30.6 Å². The van der Waals surface area contributed by atoms with Crippen molar-refractivity contribution >= 4 is 40.1 Å². The number of halogens is 1. The molecular formula is C18H13ClN4O4. The monoisotopic (exact) mass is 384 g/mol. The zero-order valence-corrected chi connectivity index (χ0v) is 14.9. The maximum Gasteiger partial charge on any atom is 0.341 e. The quantitative estimate of drug-likeness (QED) is 0.543. The van der Waals surface area contributed by atoms with Crippen LogP contribution in [0.4, 0.5) is 0 Å². The minimum atomic E-state index is -0.551. The summed E-state index contributed by atoms with van der Waals surface area (Å²) in [6.07, 6.45) is 4.74. The van der Waals surface area contributed by atoms with Crippen molar-refractivity contribution in [2.45, 2.75) is 6.54 Å². The molecule has 0 aliphatic rings. The number of hydrogen-bond acceptors (Lipinski definition) is 6. The summed E-state index contributed by atoms with van der Waals surface area (Å²) in [6, 6.07) is 6.59. The lowest BCUT2D eigenvalue weighted by Gasteiger charge is -2.02. The molecule has 136 valence electrons. The molecule has 3 aromatic heterocycles. The van der Waals surface area contributed by atoms with Crippen molar-refractivity contribution in [3.05, 3.63) is 64.8 Å². The largest absolute Gasteiger partial charge is 0.465 e. The number of ether oxygens (including phenoxy) is 1. The van der Waals surface area contributed by atoms with Crippen LogP contribution in [0.5, 0.6) is 0 Å². The number of hydrogen-bond donors (Lipinski definition) is 1. The van der Waals surface area contributed by atoms with Crippen molar-refractivity contribution in [1.82, 2.24) is 19.9 Å². The third kappa shape index (κ3) is 3.11. The van der Waals surface area contributed by atoms with Gasteiger partial charge in [-0.15, -0.1) is 0 Å². The molecule has 0 unspecified atom stereocenters. The first-order valence-corrected chi connectivity index (χ1v) is 8.31. The number of fused-ring (bicyclic) bond motifs is 2. The first kappa shape index (κ1) is 17.0. The van der Waals surface area contributed by atoms with E-state index < -0.39 is 5.97 Å². The molecule has 0 aliphatic carbocycles. The van der Waals surface area contributed by atoms with Gasteiger partial charge in [-0.2, -0.15) is 5.10 Å². The summed E-state index contributed by atoms with van der Waals surface area (Å²) in [5.74, 6) is -0.421. The van der Waals surface area contributed by atoms with Gasteiger partial charge in [-0.1, -0.05) is 11.6 Å². The summed E-state index contributed by atoms with van der Waals surface area (Å²) < 4.78 is 12.0. The Morgan fingerprint density at radius 2 is 2.15 bits per heavy atom. The van der Waals surface area contributed by atoms with Crippen molar-refractivity contribution in [2.75, 3.05) is 7.11 Å². The van der Waals surface area contributed by atoms with Crippen molar-refractivity contribution in [1.29, 1.82) is 0 Å². The second-order valence-corrected chi connectivity index (χ2v) is 6.14. The Morgan fingerprint density at radius 3 is 2.96 bits per heavy atom. The first-order chi connectivity index (χ1) is 13.1.